The van der Waals surface area contributed by atoms with Crippen LogP contribution in [0.4, 0.5) is 0 Å². The number of nitrogens with zero attached hydrogens (tertiary/aromatic N) is 3. The van der Waals surface area contributed by atoms with Gasteiger partial charge in [0, 0.05) is 43.4 Å². The van der Waals surface area contributed by atoms with Crippen molar-refractivity contribution in [1.82, 2.24) is 19.4 Å². The van der Waals surface area contributed by atoms with E-state index in [9.17, 15) is 4.79 Å². The minimum absolute atomic E-state index is 0.108. The Kier molecular flexibility index (Phi) is 4.88. The molecule has 2 aromatic carbocycles. The molecule has 4 aromatic rings. The van der Waals surface area contributed by atoms with Gasteiger partial charge in [0.25, 0.3) is 5.91 Å². The lowest BCUT2D eigenvalue weighted by molar-refractivity contribution is 0.0937. The van der Waals surface area contributed by atoms with Crippen molar-refractivity contribution in [3.8, 4) is 0 Å². The van der Waals surface area contributed by atoms with Crippen molar-refractivity contribution < 1.29 is 9.53 Å². The van der Waals surface area contributed by atoms with Crippen LogP contribution in [0, 0.1) is 0 Å². The van der Waals surface area contributed by atoms with E-state index in [1.807, 2.05) is 73.3 Å². The molecule has 1 N–H and O–H groups in total. The number of amides is 1. The number of aryl methyl sites for hydroxylation is 1. The maximum Gasteiger partial charge on any atom is 0.251 e. The molecule has 0 spiro atoms. The maximum atomic E-state index is 12.8. The Morgan fingerprint density at radius 3 is 2.82 bits per heavy atom. The molecule has 1 amide bonds. The lowest BCUT2D eigenvalue weighted by Gasteiger charge is -2.16. The molecule has 0 fully saturated rings. The first-order valence-electron chi connectivity index (χ1n) is 9.38. The zero-order chi connectivity index (χ0) is 19.7. The molecule has 0 saturated carbocycles. The Hall–Kier alpha value is -3.12. The number of aromatic nitrogens is 3. The van der Waals surface area contributed by atoms with E-state index >= 15 is 0 Å². The minimum Gasteiger partial charge on any atom is -0.383 e. The van der Waals surface area contributed by atoms with E-state index in [-0.39, 0.29) is 11.9 Å². The predicted octanol–water partition coefficient (Wildman–Crippen LogP) is 3.67. The van der Waals surface area contributed by atoms with Crippen molar-refractivity contribution in [3.05, 3.63) is 66.1 Å². The molecule has 0 bridgehead atoms. The number of rotatable bonds is 6. The molecule has 2 aromatic heterocycles. The molecule has 6 nitrogen and oxygen atoms in total. The van der Waals surface area contributed by atoms with Crippen LogP contribution in [0.3, 0.4) is 0 Å². The van der Waals surface area contributed by atoms with Gasteiger partial charge >= 0.3 is 0 Å². The number of carbonyl (C=O) groups is 1. The molecule has 0 aliphatic rings. The smallest absolute Gasteiger partial charge is 0.251 e. The standard InChI is InChI=1S/C22H24N4O2/c1-15(21-24-18-6-4-5-7-20(18)26(21)12-13-28-3)23-22(27)17-8-9-19-16(14-17)10-11-25(19)2/h4-11,14-15H,12-13H2,1-3H3,(H,23,27)/t15-/m1/s1. The number of imidazole rings is 1. The second kappa shape index (κ2) is 7.48. The molecule has 0 unspecified atom stereocenters. The third kappa shape index (κ3) is 3.27. The van der Waals surface area contributed by atoms with Gasteiger partial charge in [0.15, 0.2) is 0 Å². The zero-order valence-corrected chi connectivity index (χ0v) is 16.3. The summed E-state index contributed by atoms with van der Waals surface area (Å²) in [5, 5.41) is 4.14. The fraction of sp³-hybridized carbons (Fsp3) is 0.273. The van der Waals surface area contributed by atoms with Gasteiger partial charge in [-0.2, -0.15) is 0 Å². The van der Waals surface area contributed by atoms with Gasteiger partial charge in [-0.25, -0.2) is 4.98 Å². The van der Waals surface area contributed by atoms with Crippen LogP contribution >= 0.6 is 0 Å². The molecule has 0 aliphatic heterocycles. The Labute approximate surface area is 163 Å². The van der Waals surface area contributed by atoms with Gasteiger partial charge in [-0.15, -0.1) is 0 Å². The first-order chi connectivity index (χ1) is 13.6. The summed E-state index contributed by atoms with van der Waals surface area (Å²) in [5.41, 5.74) is 3.71. The number of fused-ring (bicyclic) bond motifs is 2. The first kappa shape index (κ1) is 18.3. The molecular formula is C22H24N4O2. The SMILES string of the molecule is COCCn1c([C@@H](C)NC(=O)c2ccc3c(ccn3C)c2)nc2ccccc21. The van der Waals surface area contributed by atoms with Gasteiger partial charge in [-0.1, -0.05) is 12.1 Å². The second-order valence-electron chi connectivity index (χ2n) is 7.00. The highest BCUT2D eigenvalue weighted by atomic mass is 16.5. The van der Waals surface area contributed by atoms with Crippen LogP contribution in [0.15, 0.2) is 54.7 Å². The van der Waals surface area contributed by atoms with Crippen LogP contribution in [-0.4, -0.2) is 33.7 Å². The quantitative estimate of drug-likeness (QED) is 0.559. The third-order valence-corrected chi connectivity index (χ3v) is 5.09. The molecule has 0 radical (unpaired) electrons. The van der Waals surface area contributed by atoms with E-state index in [1.165, 1.54) is 0 Å². The van der Waals surface area contributed by atoms with Crippen LogP contribution in [0.25, 0.3) is 21.9 Å². The second-order valence-corrected chi connectivity index (χ2v) is 7.00. The van der Waals surface area contributed by atoms with E-state index in [1.54, 1.807) is 7.11 Å². The summed E-state index contributed by atoms with van der Waals surface area (Å²) in [4.78, 5) is 17.6. The lowest BCUT2D eigenvalue weighted by atomic mass is 10.1. The topological polar surface area (TPSA) is 61.1 Å². The molecule has 2 heterocycles. The Bertz CT molecular complexity index is 1140. The highest BCUT2D eigenvalue weighted by Crippen LogP contribution is 2.22. The average Bonchev–Trinajstić information content (AvgIpc) is 3.26. The van der Waals surface area contributed by atoms with Crippen LogP contribution in [0.1, 0.15) is 29.1 Å². The maximum absolute atomic E-state index is 12.8. The van der Waals surface area contributed by atoms with Crippen molar-refractivity contribution >= 4 is 27.8 Å². The number of hydrogen-bond donors (Lipinski definition) is 1. The molecule has 1 atom stereocenters. The van der Waals surface area contributed by atoms with Crippen molar-refractivity contribution in [2.45, 2.75) is 19.5 Å². The van der Waals surface area contributed by atoms with Crippen LogP contribution in [0.2, 0.25) is 0 Å². The van der Waals surface area contributed by atoms with E-state index in [4.69, 9.17) is 9.72 Å². The number of nitrogens with one attached hydrogen (secondary N) is 1. The van der Waals surface area contributed by atoms with Gasteiger partial charge in [-0.3, -0.25) is 4.79 Å². The summed E-state index contributed by atoms with van der Waals surface area (Å²) < 4.78 is 9.41. The summed E-state index contributed by atoms with van der Waals surface area (Å²) in [5.74, 6) is 0.719. The van der Waals surface area contributed by atoms with Crippen LogP contribution in [-0.2, 0) is 18.3 Å². The normalized spacial score (nSPS) is 12.5. The summed E-state index contributed by atoms with van der Waals surface area (Å²) in [6, 6.07) is 15.5. The first-order valence-corrected chi connectivity index (χ1v) is 9.38. The number of methoxy groups -OCH3 is 1. The van der Waals surface area contributed by atoms with E-state index in [2.05, 4.69) is 9.88 Å². The van der Waals surface area contributed by atoms with Gasteiger partial charge in [0.05, 0.1) is 23.7 Å². The van der Waals surface area contributed by atoms with Crippen molar-refractivity contribution in [1.29, 1.82) is 0 Å². The van der Waals surface area contributed by atoms with Gasteiger partial charge in [0.2, 0.25) is 0 Å². The Morgan fingerprint density at radius 1 is 1.18 bits per heavy atom. The summed E-state index contributed by atoms with van der Waals surface area (Å²) in [6.45, 7) is 3.23. The van der Waals surface area contributed by atoms with Crippen LogP contribution < -0.4 is 5.32 Å². The molecule has 144 valence electrons. The van der Waals surface area contributed by atoms with Gasteiger partial charge in [0.1, 0.15) is 5.82 Å². The van der Waals surface area contributed by atoms with E-state index in [0.29, 0.717) is 18.7 Å². The number of ether oxygens (including phenoxy) is 1. The summed E-state index contributed by atoms with van der Waals surface area (Å²) >= 11 is 0. The highest BCUT2D eigenvalue weighted by molar-refractivity contribution is 5.98. The molecule has 0 saturated heterocycles. The average molecular weight is 376 g/mol. The fourth-order valence-electron chi connectivity index (χ4n) is 3.61. The Morgan fingerprint density at radius 2 is 2.00 bits per heavy atom. The molecular weight excluding hydrogens is 352 g/mol. The number of benzene rings is 2. The number of hydrogen-bond acceptors (Lipinski definition) is 3. The predicted molar refractivity (Wildman–Crippen MR) is 110 cm³/mol. The van der Waals surface area contributed by atoms with E-state index < -0.39 is 0 Å². The largest absolute Gasteiger partial charge is 0.383 e. The zero-order valence-electron chi connectivity index (χ0n) is 16.3. The molecule has 4 rings (SSSR count). The van der Waals surface area contributed by atoms with Crippen molar-refractivity contribution in [2.24, 2.45) is 7.05 Å². The van der Waals surface area contributed by atoms with Crippen LogP contribution in [0.5, 0.6) is 0 Å². The monoisotopic (exact) mass is 376 g/mol. The molecule has 6 heteroatoms. The summed E-state index contributed by atoms with van der Waals surface area (Å²) in [6.07, 6.45) is 1.99. The molecule has 0 aliphatic carbocycles. The van der Waals surface area contributed by atoms with Crippen molar-refractivity contribution in [3.63, 3.8) is 0 Å². The third-order valence-electron chi connectivity index (χ3n) is 5.09. The van der Waals surface area contributed by atoms with Crippen molar-refractivity contribution in [2.75, 3.05) is 13.7 Å². The highest BCUT2D eigenvalue weighted by Gasteiger charge is 2.19. The Balaban J connectivity index is 1.61. The number of para-hydroxylation sites is 2. The molecule has 28 heavy (non-hydrogen) atoms. The minimum atomic E-state index is -0.233. The van der Waals surface area contributed by atoms with Gasteiger partial charge in [-0.05, 0) is 43.3 Å². The van der Waals surface area contributed by atoms with E-state index in [0.717, 1.165) is 27.8 Å². The lowest BCUT2D eigenvalue weighted by Crippen LogP contribution is -2.29. The fourth-order valence-corrected chi connectivity index (χ4v) is 3.61. The summed E-state index contributed by atoms with van der Waals surface area (Å²) in [7, 11) is 3.68. The van der Waals surface area contributed by atoms with Gasteiger partial charge < -0.3 is 19.2 Å². The number of carbonyl (C=O) groups excluding carboxylic acids is 1.